The largest absolute Gasteiger partial charge is 0.497 e. The van der Waals surface area contributed by atoms with Gasteiger partial charge in [-0.25, -0.2) is 0 Å². The van der Waals surface area contributed by atoms with Crippen LogP contribution in [0.1, 0.15) is 40.8 Å². The molecule has 4 rings (SSSR count). The molecule has 0 radical (unpaired) electrons. The first-order valence-corrected chi connectivity index (χ1v) is 12.1. The molecule has 6 heteroatoms. The molecule has 0 amide bonds. The molecular formula is C29H31N3O2S. The summed E-state index contributed by atoms with van der Waals surface area (Å²) in [5.74, 6) is 0.801. The van der Waals surface area contributed by atoms with Gasteiger partial charge in [-0.2, -0.15) is 0 Å². The third-order valence-corrected chi connectivity index (χ3v) is 6.57. The van der Waals surface area contributed by atoms with E-state index < -0.39 is 0 Å². The van der Waals surface area contributed by atoms with Gasteiger partial charge >= 0.3 is 0 Å². The standard InChI is InChI=1S/C29H31N3O2S/c1-19-14-20(2)27-24(15-19)16-25(28(33)31-27)18-32(17-22-10-12-26(34-4)13-11-22)29(35)30-21(3)23-8-6-5-7-9-23/h5-16,21H,17-18H2,1-4H3,(H,30,35)(H,31,33). The Balaban J connectivity index is 1.64. The number of methoxy groups -OCH3 is 1. The lowest BCUT2D eigenvalue weighted by atomic mass is 10.0. The zero-order chi connectivity index (χ0) is 24.9. The number of hydrogen-bond donors (Lipinski definition) is 2. The second kappa shape index (κ2) is 10.7. The number of aryl methyl sites for hydroxylation is 2. The predicted molar refractivity (Wildman–Crippen MR) is 147 cm³/mol. The maximum Gasteiger partial charge on any atom is 0.253 e. The Hall–Kier alpha value is -3.64. The van der Waals surface area contributed by atoms with Gasteiger partial charge in [-0.05, 0) is 79.3 Å². The minimum Gasteiger partial charge on any atom is -0.497 e. The van der Waals surface area contributed by atoms with Gasteiger partial charge in [-0.1, -0.05) is 54.1 Å². The Labute approximate surface area is 211 Å². The van der Waals surface area contributed by atoms with Crippen molar-refractivity contribution < 1.29 is 4.74 Å². The van der Waals surface area contributed by atoms with Crippen molar-refractivity contribution in [1.29, 1.82) is 0 Å². The molecule has 3 aromatic carbocycles. The quantitative estimate of drug-likeness (QED) is 0.325. The molecule has 1 heterocycles. The summed E-state index contributed by atoms with van der Waals surface area (Å²) in [6.07, 6.45) is 0. The van der Waals surface area contributed by atoms with Crippen LogP contribution in [-0.4, -0.2) is 22.1 Å². The van der Waals surface area contributed by atoms with Crippen LogP contribution in [0, 0.1) is 13.8 Å². The van der Waals surface area contributed by atoms with E-state index in [1.807, 2.05) is 60.4 Å². The van der Waals surface area contributed by atoms with E-state index in [9.17, 15) is 4.79 Å². The van der Waals surface area contributed by atoms with Crippen molar-refractivity contribution in [2.75, 3.05) is 7.11 Å². The van der Waals surface area contributed by atoms with Gasteiger partial charge in [0.15, 0.2) is 5.11 Å². The van der Waals surface area contributed by atoms with E-state index in [4.69, 9.17) is 17.0 Å². The zero-order valence-corrected chi connectivity index (χ0v) is 21.4. The van der Waals surface area contributed by atoms with Gasteiger partial charge in [0.05, 0.1) is 25.2 Å². The van der Waals surface area contributed by atoms with Crippen LogP contribution < -0.4 is 15.6 Å². The molecule has 1 atom stereocenters. The molecule has 0 aliphatic carbocycles. The molecular weight excluding hydrogens is 454 g/mol. The predicted octanol–water partition coefficient (Wildman–Crippen LogP) is 5.79. The summed E-state index contributed by atoms with van der Waals surface area (Å²) >= 11 is 5.86. The Bertz CT molecular complexity index is 1380. The smallest absolute Gasteiger partial charge is 0.253 e. The number of ether oxygens (including phenoxy) is 1. The molecule has 1 unspecified atom stereocenters. The molecule has 0 saturated heterocycles. The van der Waals surface area contributed by atoms with E-state index in [1.54, 1.807) is 7.11 Å². The normalized spacial score (nSPS) is 11.8. The van der Waals surface area contributed by atoms with Crippen LogP contribution in [0.4, 0.5) is 0 Å². The van der Waals surface area contributed by atoms with Crippen LogP contribution in [0.15, 0.2) is 77.6 Å². The molecule has 0 saturated carbocycles. The van der Waals surface area contributed by atoms with E-state index >= 15 is 0 Å². The number of thiocarbonyl (C=S) groups is 1. The van der Waals surface area contributed by atoms with Crippen LogP contribution >= 0.6 is 12.2 Å². The second-order valence-corrected chi connectivity index (χ2v) is 9.34. The van der Waals surface area contributed by atoms with Crippen molar-refractivity contribution in [3.05, 3.63) is 111 Å². The second-order valence-electron chi connectivity index (χ2n) is 8.96. The van der Waals surface area contributed by atoms with Gasteiger partial charge in [-0.15, -0.1) is 0 Å². The van der Waals surface area contributed by atoms with Gasteiger partial charge < -0.3 is 19.9 Å². The number of pyridine rings is 1. The first-order chi connectivity index (χ1) is 16.8. The number of H-pyrrole nitrogens is 1. The number of aromatic amines is 1. The van der Waals surface area contributed by atoms with Gasteiger partial charge in [0.25, 0.3) is 5.56 Å². The highest BCUT2D eigenvalue weighted by Gasteiger charge is 2.17. The molecule has 0 aliphatic heterocycles. The fourth-order valence-corrected chi connectivity index (χ4v) is 4.61. The summed E-state index contributed by atoms with van der Waals surface area (Å²) in [5.41, 5.74) is 5.91. The molecule has 4 aromatic rings. The summed E-state index contributed by atoms with van der Waals surface area (Å²) < 4.78 is 5.30. The number of nitrogens with zero attached hydrogens (tertiary/aromatic N) is 1. The summed E-state index contributed by atoms with van der Waals surface area (Å²) in [6, 6.07) is 24.3. The van der Waals surface area contributed by atoms with Crippen molar-refractivity contribution >= 4 is 28.2 Å². The van der Waals surface area contributed by atoms with E-state index in [0.29, 0.717) is 23.8 Å². The highest BCUT2D eigenvalue weighted by atomic mass is 32.1. The SMILES string of the molecule is COc1ccc(CN(Cc2cc3cc(C)cc(C)c3[nH]c2=O)C(=S)NC(C)c2ccccc2)cc1. The van der Waals surface area contributed by atoms with Crippen molar-refractivity contribution in [3.8, 4) is 5.75 Å². The van der Waals surface area contributed by atoms with Gasteiger partial charge in [0.1, 0.15) is 5.75 Å². The molecule has 35 heavy (non-hydrogen) atoms. The topological polar surface area (TPSA) is 57.4 Å². The third kappa shape index (κ3) is 5.89. The molecule has 0 spiro atoms. The first kappa shape index (κ1) is 24.5. The van der Waals surface area contributed by atoms with Crippen molar-refractivity contribution in [1.82, 2.24) is 15.2 Å². The third-order valence-electron chi connectivity index (χ3n) is 6.19. The highest BCUT2D eigenvalue weighted by Crippen LogP contribution is 2.20. The highest BCUT2D eigenvalue weighted by molar-refractivity contribution is 7.80. The maximum atomic E-state index is 13.0. The van der Waals surface area contributed by atoms with Gasteiger partial charge in [0.2, 0.25) is 0 Å². The molecule has 1 aromatic heterocycles. The minimum absolute atomic E-state index is 0.0299. The van der Waals surface area contributed by atoms with E-state index in [-0.39, 0.29) is 11.6 Å². The molecule has 5 nitrogen and oxygen atoms in total. The van der Waals surface area contributed by atoms with E-state index in [2.05, 4.69) is 48.4 Å². The average Bonchev–Trinajstić information content (AvgIpc) is 2.85. The minimum atomic E-state index is -0.0944. The molecule has 0 fully saturated rings. The van der Waals surface area contributed by atoms with E-state index in [1.165, 1.54) is 0 Å². The van der Waals surface area contributed by atoms with Crippen LogP contribution in [0.3, 0.4) is 0 Å². The van der Waals surface area contributed by atoms with Crippen LogP contribution in [0.5, 0.6) is 5.75 Å². The van der Waals surface area contributed by atoms with Crippen LogP contribution in [0.25, 0.3) is 10.9 Å². The maximum absolute atomic E-state index is 13.0. The lowest BCUT2D eigenvalue weighted by Crippen LogP contribution is -2.41. The fourth-order valence-electron chi connectivity index (χ4n) is 4.31. The number of rotatable bonds is 7. The molecule has 2 N–H and O–H groups in total. The number of benzene rings is 3. The lowest BCUT2D eigenvalue weighted by molar-refractivity contribution is 0.390. The van der Waals surface area contributed by atoms with Crippen molar-refractivity contribution in [3.63, 3.8) is 0 Å². The van der Waals surface area contributed by atoms with Crippen molar-refractivity contribution in [2.24, 2.45) is 0 Å². The Morgan fingerprint density at radius 2 is 1.74 bits per heavy atom. The summed E-state index contributed by atoms with van der Waals surface area (Å²) in [5, 5.41) is 5.08. The number of aromatic nitrogens is 1. The Morgan fingerprint density at radius 1 is 1.03 bits per heavy atom. The molecule has 0 aliphatic rings. The van der Waals surface area contributed by atoms with E-state index in [0.717, 1.165) is 38.9 Å². The monoisotopic (exact) mass is 485 g/mol. The summed E-state index contributed by atoms with van der Waals surface area (Å²) in [7, 11) is 1.65. The zero-order valence-electron chi connectivity index (χ0n) is 20.6. The van der Waals surface area contributed by atoms with Gasteiger partial charge in [-0.3, -0.25) is 4.79 Å². The Morgan fingerprint density at radius 3 is 2.43 bits per heavy atom. The summed E-state index contributed by atoms with van der Waals surface area (Å²) in [6.45, 7) is 7.11. The Kier molecular flexibility index (Phi) is 7.51. The van der Waals surface area contributed by atoms with Crippen LogP contribution in [-0.2, 0) is 13.1 Å². The summed E-state index contributed by atoms with van der Waals surface area (Å²) in [4.78, 5) is 18.2. The number of fused-ring (bicyclic) bond motifs is 1. The fraction of sp³-hybridized carbons (Fsp3) is 0.241. The number of nitrogens with one attached hydrogen (secondary N) is 2. The van der Waals surface area contributed by atoms with Gasteiger partial charge in [0, 0.05) is 12.1 Å². The van der Waals surface area contributed by atoms with Crippen molar-refractivity contribution in [2.45, 2.75) is 39.9 Å². The lowest BCUT2D eigenvalue weighted by Gasteiger charge is -2.28. The molecule has 0 bridgehead atoms. The first-order valence-electron chi connectivity index (χ1n) is 11.7. The van der Waals surface area contributed by atoms with Crippen LogP contribution in [0.2, 0.25) is 0 Å². The molecule has 180 valence electrons. The average molecular weight is 486 g/mol. The number of hydrogen-bond acceptors (Lipinski definition) is 3.